The molecule has 0 fully saturated rings. The van der Waals surface area contributed by atoms with Gasteiger partial charge in [0.05, 0.1) is 10.6 Å². The van der Waals surface area contributed by atoms with Crippen LogP contribution in [0.1, 0.15) is 18.1 Å². The highest BCUT2D eigenvalue weighted by Crippen LogP contribution is 2.22. The lowest BCUT2D eigenvalue weighted by atomic mass is 10.1. The van der Waals surface area contributed by atoms with Gasteiger partial charge in [0.25, 0.3) is 10.0 Å². The van der Waals surface area contributed by atoms with Crippen LogP contribution in [0.4, 0.5) is 5.69 Å². The van der Waals surface area contributed by atoms with Gasteiger partial charge < -0.3 is 5.11 Å². The largest absolute Gasteiger partial charge is 0.478 e. The average Bonchev–Trinajstić information content (AvgIpc) is 2.49. The number of carbonyl (C=O) groups is 1. The molecule has 0 spiro atoms. The summed E-state index contributed by atoms with van der Waals surface area (Å²) < 4.78 is 27.4. The molecular formula is C17H17NO4S. The molecule has 0 saturated heterocycles. The van der Waals surface area contributed by atoms with Gasteiger partial charge in [-0.3, -0.25) is 4.72 Å². The lowest BCUT2D eigenvalue weighted by Gasteiger charge is -2.11. The summed E-state index contributed by atoms with van der Waals surface area (Å²) in [5.74, 6) is -1.05. The quantitative estimate of drug-likeness (QED) is 0.824. The molecule has 120 valence electrons. The third kappa shape index (κ3) is 4.20. The maximum atomic E-state index is 12.4. The topological polar surface area (TPSA) is 83.5 Å². The molecule has 0 aliphatic heterocycles. The number of hydrogen-bond donors (Lipinski definition) is 2. The Balaban J connectivity index is 2.39. The number of carboxylic acids is 1. The lowest BCUT2D eigenvalue weighted by molar-refractivity contribution is -0.132. The van der Waals surface area contributed by atoms with E-state index in [1.807, 2.05) is 6.92 Å². The molecule has 6 heteroatoms. The Morgan fingerprint density at radius 1 is 1.09 bits per heavy atom. The second-order valence-corrected chi connectivity index (χ2v) is 6.82. The van der Waals surface area contributed by atoms with Gasteiger partial charge in [0.15, 0.2) is 0 Å². The second kappa shape index (κ2) is 6.66. The minimum Gasteiger partial charge on any atom is -0.478 e. The first kappa shape index (κ1) is 16.8. The Labute approximate surface area is 135 Å². The van der Waals surface area contributed by atoms with Gasteiger partial charge in [-0.2, -0.15) is 0 Å². The number of hydrogen-bond acceptors (Lipinski definition) is 3. The van der Waals surface area contributed by atoms with Crippen LogP contribution in [0.3, 0.4) is 0 Å². The van der Waals surface area contributed by atoms with Gasteiger partial charge in [0.2, 0.25) is 0 Å². The van der Waals surface area contributed by atoms with E-state index in [0.717, 1.165) is 5.56 Å². The van der Waals surface area contributed by atoms with Gasteiger partial charge in [-0.25, -0.2) is 13.2 Å². The van der Waals surface area contributed by atoms with Gasteiger partial charge in [0.1, 0.15) is 0 Å². The lowest BCUT2D eigenvalue weighted by Crippen LogP contribution is -2.13. The summed E-state index contributed by atoms with van der Waals surface area (Å²) >= 11 is 0. The number of nitrogens with one attached hydrogen (secondary N) is 1. The molecule has 2 aromatic carbocycles. The zero-order valence-corrected chi connectivity index (χ0v) is 13.6. The number of aryl methyl sites for hydroxylation is 1. The number of benzene rings is 2. The number of rotatable bonds is 5. The van der Waals surface area contributed by atoms with E-state index in [4.69, 9.17) is 5.11 Å². The molecular weight excluding hydrogens is 314 g/mol. The SMILES string of the molecule is CC(=Cc1ccccc1NS(=O)(=O)c1ccc(C)cc1)C(=O)O. The third-order valence-corrected chi connectivity index (χ3v) is 4.63. The van der Waals surface area contributed by atoms with E-state index >= 15 is 0 Å². The fraction of sp³-hybridized carbons (Fsp3) is 0.118. The van der Waals surface area contributed by atoms with Crippen LogP contribution in [0.15, 0.2) is 59.0 Å². The van der Waals surface area contributed by atoms with Crippen molar-refractivity contribution in [3.63, 3.8) is 0 Å². The van der Waals surface area contributed by atoms with E-state index in [2.05, 4.69) is 4.72 Å². The molecule has 2 aromatic rings. The monoisotopic (exact) mass is 331 g/mol. The van der Waals surface area contributed by atoms with Gasteiger partial charge >= 0.3 is 5.97 Å². The number of anilines is 1. The first-order valence-corrected chi connectivity index (χ1v) is 8.38. The minimum atomic E-state index is -3.74. The van der Waals surface area contributed by atoms with E-state index < -0.39 is 16.0 Å². The maximum absolute atomic E-state index is 12.4. The summed E-state index contributed by atoms with van der Waals surface area (Å²) in [6.45, 7) is 3.33. The first-order valence-electron chi connectivity index (χ1n) is 6.90. The summed E-state index contributed by atoms with van der Waals surface area (Å²) in [5.41, 5.74) is 1.90. The van der Waals surface area contributed by atoms with Crippen LogP contribution in [0, 0.1) is 6.92 Å². The molecule has 0 saturated carbocycles. The molecule has 0 unspecified atom stereocenters. The van der Waals surface area contributed by atoms with Crippen molar-refractivity contribution in [3.05, 3.63) is 65.2 Å². The zero-order valence-electron chi connectivity index (χ0n) is 12.8. The Hall–Kier alpha value is -2.60. The number of sulfonamides is 1. The van der Waals surface area contributed by atoms with Crippen molar-refractivity contribution in [1.29, 1.82) is 0 Å². The standard InChI is InChI=1S/C17H17NO4S/c1-12-7-9-15(10-8-12)23(21,22)18-16-6-4-3-5-14(16)11-13(2)17(19)20/h3-11,18H,1-2H3,(H,19,20). The fourth-order valence-electron chi connectivity index (χ4n) is 1.93. The normalized spacial score (nSPS) is 12.0. The van der Waals surface area contributed by atoms with Gasteiger partial charge in [0, 0.05) is 5.57 Å². The Bertz CT molecular complexity index is 852. The molecule has 23 heavy (non-hydrogen) atoms. The smallest absolute Gasteiger partial charge is 0.331 e. The van der Waals surface area contributed by atoms with Crippen molar-refractivity contribution < 1.29 is 18.3 Å². The molecule has 0 atom stereocenters. The summed E-state index contributed by atoms with van der Waals surface area (Å²) in [5, 5.41) is 8.96. The number of carboxylic acid groups (broad SMARTS) is 1. The van der Waals surface area contributed by atoms with Crippen molar-refractivity contribution >= 4 is 27.8 Å². The summed E-state index contributed by atoms with van der Waals surface area (Å²) in [4.78, 5) is 11.1. The van der Waals surface area contributed by atoms with Crippen molar-refractivity contribution in [1.82, 2.24) is 0 Å². The van der Waals surface area contributed by atoms with E-state index in [9.17, 15) is 13.2 Å². The molecule has 0 aliphatic rings. The van der Waals surface area contributed by atoms with E-state index in [1.165, 1.54) is 25.1 Å². The van der Waals surface area contributed by atoms with Crippen LogP contribution in [-0.4, -0.2) is 19.5 Å². The predicted molar refractivity (Wildman–Crippen MR) is 89.7 cm³/mol. The third-order valence-electron chi connectivity index (χ3n) is 3.25. The van der Waals surface area contributed by atoms with Crippen LogP contribution in [0.2, 0.25) is 0 Å². The van der Waals surface area contributed by atoms with Gasteiger partial charge in [-0.15, -0.1) is 0 Å². The highest BCUT2D eigenvalue weighted by molar-refractivity contribution is 7.92. The highest BCUT2D eigenvalue weighted by Gasteiger charge is 2.15. The van der Waals surface area contributed by atoms with Crippen molar-refractivity contribution in [2.24, 2.45) is 0 Å². The van der Waals surface area contributed by atoms with Crippen LogP contribution >= 0.6 is 0 Å². The average molecular weight is 331 g/mol. The molecule has 2 N–H and O–H groups in total. The molecule has 0 amide bonds. The molecule has 0 radical (unpaired) electrons. The minimum absolute atomic E-state index is 0.118. The van der Waals surface area contributed by atoms with Crippen LogP contribution < -0.4 is 4.72 Å². The van der Waals surface area contributed by atoms with Gasteiger partial charge in [-0.1, -0.05) is 35.9 Å². The van der Waals surface area contributed by atoms with Crippen LogP contribution in [-0.2, 0) is 14.8 Å². The van der Waals surface area contributed by atoms with E-state index in [1.54, 1.807) is 36.4 Å². The molecule has 2 rings (SSSR count). The number of para-hydroxylation sites is 1. The van der Waals surface area contributed by atoms with Crippen LogP contribution in [0.5, 0.6) is 0 Å². The second-order valence-electron chi connectivity index (χ2n) is 5.14. The predicted octanol–water partition coefficient (Wildman–Crippen LogP) is 3.28. The Morgan fingerprint density at radius 2 is 1.70 bits per heavy atom. The number of aliphatic carboxylic acids is 1. The summed E-state index contributed by atoms with van der Waals surface area (Å²) in [6, 6.07) is 13.1. The molecule has 0 aliphatic carbocycles. The van der Waals surface area contributed by atoms with Crippen molar-refractivity contribution in [2.75, 3.05) is 4.72 Å². The maximum Gasteiger partial charge on any atom is 0.331 e. The highest BCUT2D eigenvalue weighted by atomic mass is 32.2. The first-order chi connectivity index (χ1) is 10.8. The zero-order chi connectivity index (χ0) is 17.0. The Kier molecular flexibility index (Phi) is 4.86. The van der Waals surface area contributed by atoms with E-state index in [0.29, 0.717) is 11.3 Å². The fourth-order valence-corrected chi connectivity index (χ4v) is 3.02. The Morgan fingerprint density at radius 3 is 2.30 bits per heavy atom. The molecule has 5 nitrogen and oxygen atoms in total. The van der Waals surface area contributed by atoms with Crippen molar-refractivity contribution in [2.45, 2.75) is 18.7 Å². The molecule has 0 heterocycles. The summed E-state index contributed by atoms with van der Waals surface area (Å²) in [6.07, 6.45) is 1.43. The van der Waals surface area contributed by atoms with E-state index in [-0.39, 0.29) is 10.5 Å². The molecule has 0 bridgehead atoms. The van der Waals surface area contributed by atoms with Crippen LogP contribution in [0.25, 0.3) is 6.08 Å². The molecule has 0 aromatic heterocycles. The van der Waals surface area contributed by atoms with Gasteiger partial charge in [-0.05, 0) is 43.7 Å². The summed E-state index contributed by atoms with van der Waals surface area (Å²) in [7, 11) is -3.74. The van der Waals surface area contributed by atoms with Crippen molar-refractivity contribution in [3.8, 4) is 0 Å².